The van der Waals surface area contributed by atoms with Crippen molar-refractivity contribution in [1.29, 1.82) is 0 Å². The number of hydrogen-bond donors (Lipinski definition) is 1. The molecule has 148 valence electrons. The number of benzene rings is 3. The maximum absolute atomic E-state index is 12.7. The van der Waals surface area contributed by atoms with Gasteiger partial charge in [-0.2, -0.15) is 0 Å². The van der Waals surface area contributed by atoms with Crippen molar-refractivity contribution in [2.75, 3.05) is 5.32 Å². The maximum Gasteiger partial charge on any atom is 0.265 e. The van der Waals surface area contributed by atoms with E-state index in [9.17, 15) is 4.79 Å². The van der Waals surface area contributed by atoms with E-state index in [0.29, 0.717) is 17.2 Å². The number of fused-ring (bicyclic) bond motifs is 1. The molecule has 1 unspecified atom stereocenters. The molecule has 1 N–H and O–H groups in total. The molecule has 1 aliphatic carbocycles. The fraction of sp³-hybridized carbons (Fsp3) is 0.240. The summed E-state index contributed by atoms with van der Waals surface area (Å²) in [6, 6.07) is 23.0. The van der Waals surface area contributed by atoms with Crippen LogP contribution in [0.4, 0.5) is 5.69 Å². The molecule has 0 saturated carbocycles. The summed E-state index contributed by atoms with van der Waals surface area (Å²) in [6.45, 7) is 1.76. The molecule has 0 spiro atoms. The summed E-state index contributed by atoms with van der Waals surface area (Å²) in [5, 5.41) is 2.92. The highest BCUT2D eigenvalue weighted by Crippen LogP contribution is 2.30. The van der Waals surface area contributed by atoms with Gasteiger partial charge in [0.2, 0.25) is 0 Å². The standard InChI is InChI=1S/C25H25NO3/c1-18(28-22-16-15-19-9-5-6-10-20(19)17-22)25(27)26-23-13-7-8-14-24(23)29-21-11-3-2-4-12-21/h2-4,7-8,11-18H,5-6,9-10H2,1H3,(H,26,27). The van der Waals surface area contributed by atoms with E-state index in [1.54, 1.807) is 6.92 Å². The first kappa shape index (κ1) is 19.1. The molecule has 3 aromatic carbocycles. The van der Waals surface area contributed by atoms with E-state index in [4.69, 9.17) is 9.47 Å². The number of nitrogens with one attached hydrogen (secondary N) is 1. The zero-order valence-corrected chi connectivity index (χ0v) is 16.6. The molecule has 0 saturated heterocycles. The average Bonchev–Trinajstić information content (AvgIpc) is 2.75. The Hall–Kier alpha value is -3.27. The lowest BCUT2D eigenvalue weighted by Crippen LogP contribution is -2.30. The third-order valence-electron chi connectivity index (χ3n) is 5.12. The highest BCUT2D eigenvalue weighted by molar-refractivity contribution is 5.95. The predicted molar refractivity (Wildman–Crippen MR) is 115 cm³/mol. The lowest BCUT2D eigenvalue weighted by Gasteiger charge is -2.19. The number of aryl methyl sites for hydroxylation is 2. The van der Waals surface area contributed by atoms with Gasteiger partial charge in [0.15, 0.2) is 11.9 Å². The molecule has 0 fully saturated rings. The predicted octanol–water partition coefficient (Wildman–Crippen LogP) is 5.76. The third-order valence-corrected chi connectivity index (χ3v) is 5.12. The fourth-order valence-electron chi connectivity index (χ4n) is 3.55. The minimum atomic E-state index is -0.624. The first-order chi connectivity index (χ1) is 14.2. The van der Waals surface area contributed by atoms with Gasteiger partial charge < -0.3 is 14.8 Å². The second-order valence-electron chi connectivity index (χ2n) is 7.30. The molecule has 0 aliphatic heterocycles. The summed E-state index contributed by atoms with van der Waals surface area (Å²) in [7, 11) is 0. The Morgan fingerprint density at radius 1 is 0.862 bits per heavy atom. The lowest BCUT2D eigenvalue weighted by molar-refractivity contribution is -0.122. The van der Waals surface area contributed by atoms with Crippen LogP contribution in [-0.2, 0) is 17.6 Å². The van der Waals surface area contributed by atoms with E-state index in [-0.39, 0.29) is 5.91 Å². The van der Waals surface area contributed by atoms with Crippen LogP contribution in [0.3, 0.4) is 0 Å². The van der Waals surface area contributed by atoms with E-state index >= 15 is 0 Å². The smallest absolute Gasteiger partial charge is 0.265 e. The van der Waals surface area contributed by atoms with Crippen molar-refractivity contribution in [2.24, 2.45) is 0 Å². The summed E-state index contributed by atoms with van der Waals surface area (Å²) < 4.78 is 11.8. The van der Waals surface area contributed by atoms with E-state index in [0.717, 1.165) is 18.6 Å². The van der Waals surface area contributed by atoms with Gasteiger partial charge in [-0.15, -0.1) is 0 Å². The Morgan fingerprint density at radius 2 is 1.59 bits per heavy atom. The van der Waals surface area contributed by atoms with Gasteiger partial charge in [-0.25, -0.2) is 0 Å². The second kappa shape index (κ2) is 8.82. The Labute approximate surface area is 171 Å². The van der Waals surface area contributed by atoms with E-state index in [1.165, 1.54) is 24.0 Å². The van der Waals surface area contributed by atoms with Gasteiger partial charge in [0.1, 0.15) is 11.5 Å². The number of rotatable bonds is 6. The summed E-state index contributed by atoms with van der Waals surface area (Å²) in [6.07, 6.45) is 4.05. The number of para-hydroxylation sites is 3. The van der Waals surface area contributed by atoms with Crippen LogP contribution in [0.15, 0.2) is 72.8 Å². The Balaban J connectivity index is 1.43. The average molecular weight is 387 g/mol. The molecule has 4 nitrogen and oxygen atoms in total. The van der Waals surface area contributed by atoms with Gasteiger partial charge in [-0.3, -0.25) is 4.79 Å². The number of carbonyl (C=O) groups excluding carboxylic acids is 1. The molecule has 0 heterocycles. The molecule has 1 amide bonds. The number of amides is 1. The van der Waals surface area contributed by atoms with Crippen LogP contribution in [0.25, 0.3) is 0 Å². The number of carbonyl (C=O) groups is 1. The van der Waals surface area contributed by atoms with Gasteiger partial charge >= 0.3 is 0 Å². The van der Waals surface area contributed by atoms with Crippen molar-refractivity contribution in [3.05, 3.63) is 83.9 Å². The van der Waals surface area contributed by atoms with Crippen LogP contribution in [0.1, 0.15) is 30.9 Å². The molecular weight excluding hydrogens is 362 g/mol. The summed E-state index contributed by atoms with van der Waals surface area (Å²) in [5.41, 5.74) is 3.35. The van der Waals surface area contributed by atoms with Crippen LogP contribution in [-0.4, -0.2) is 12.0 Å². The van der Waals surface area contributed by atoms with Gasteiger partial charge in [0.05, 0.1) is 5.69 Å². The molecule has 0 radical (unpaired) electrons. The van der Waals surface area contributed by atoms with Crippen LogP contribution in [0.2, 0.25) is 0 Å². The first-order valence-electron chi connectivity index (χ1n) is 10.1. The monoisotopic (exact) mass is 387 g/mol. The van der Waals surface area contributed by atoms with Crippen molar-refractivity contribution >= 4 is 11.6 Å². The Bertz CT molecular complexity index is 984. The fourth-order valence-corrected chi connectivity index (χ4v) is 3.55. The van der Waals surface area contributed by atoms with Crippen molar-refractivity contribution in [3.63, 3.8) is 0 Å². The zero-order valence-electron chi connectivity index (χ0n) is 16.6. The summed E-state index contributed by atoms with van der Waals surface area (Å²) in [5.74, 6) is 1.83. The van der Waals surface area contributed by atoms with Crippen molar-refractivity contribution < 1.29 is 14.3 Å². The minimum Gasteiger partial charge on any atom is -0.481 e. The van der Waals surface area contributed by atoms with Gasteiger partial charge in [0, 0.05) is 0 Å². The van der Waals surface area contributed by atoms with Gasteiger partial charge in [-0.1, -0.05) is 36.4 Å². The molecule has 4 heteroatoms. The van der Waals surface area contributed by atoms with Crippen molar-refractivity contribution in [1.82, 2.24) is 0 Å². The van der Waals surface area contributed by atoms with Gasteiger partial charge in [-0.05, 0) is 80.1 Å². The van der Waals surface area contributed by atoms with Gasteiger partial charge in [0.25, 0.3) is 5.91 Å². The summed E-state index contributed by atoms with van der Waals surface area (Å²) >= 11 is 0. The van der Waals surface area contributed by atoms with Crippen molar-refractivity contribution in [2.45, 2.75) is 38.7 Å². The maximum atomic E-state index is 12.7. The Morgan fingerprint density at radius 3 is 2.41 bits per heavy atom. The SMILES string of the molecule is CC(Oc1ccc2c(c1)CCCC2)C(=O)Nc1ccccc1Oc1ccccc1. The number of ether oxygens (including phenoxy) is 2. The van der Waals surface area contributed by atoms with Crippen LogP contribution in [0, 0.1) is 0 Å². The summed E-state index contributed by atoms with van der Waals surface area (Å²) in [4.78, 5) is 12.7. The van der Waals surface area contributed by atoms with Crippen LogP contribution >= 0.6 is 0 Å². The molecule has 29 heavy (non-hydrogen) atoms. The van der Waals surface area contributed by atoms with E-state index in [1.807, 2.05) is 60.7 Å². The molecule has 0 aromatic heterocycles. The molecule has 3 aromatic rings. The van der Waals surface area contributed by atoms with E-state index < -0.39 is 6.10 Å². The largest absolute Gasteiger partial charge is 0.481 e. The third kappa shape index (κ3) is 4.77. The number of hydrogen-bond acceptors (Lipinski definition) is 3. The normalized spacial score (nSPS) is 13.8. The molecular formula is C25H25NO3. The minimum absolute atomic E-state index is 0.216. The molecule has 1 aliphatic rings. The zero-order chi connectivity index (χ0) is 20.1. The quantitative estimate of drug-likeness (QED) is 0.585. The highest BCUT2D eigenvalue weighted by atomic mass is 16.5. The Kier molecular flexibility index (Phi) is 5.80. The first-order valence-corrected chi connectivity index (χ1v) is 10.1. The highest BCUT2D eigenvalue weighted by Gasteiger charge is 2.18. The number of anilines is 1. The second-order valence-corrected chi connectivity index (χ2v) is 7.30. The van der Waals surface area contributed by atoms with Crippen molar-refractivity contribution in [3.8, 4) is 17.2 Å². The molecule has 4 rings (SSSR count). The lowest BCUT2D eigenvalue weighted by atomic mass is 9.92. The molecule has 1 atom stereocenters. The molecule has 0 bridgehead atoms. The van der Waals surface area contributed by atoms with Crippen LogP contribution < -0.4 is 14.8 Å². The van der Waals surface area contributed by atoms with E-state index in [2.05, 4.69) is 17.4 Å². The van der Waals surface area contributed by atoms with Crippen LogP contribution in [0.5, 0.6) is 17.2 Å². The topological polar surface area (TPSA) is 47.6 Å².